The first kappa shape index (κ1) is 16.0. The molecule has 22 heavy (non-hydrogen) atoms. The molecule has 0 saturated heterocycles. The van der Waals surface area contributed by atoms with Crippen molar-refractivity contribution in [3.05, 3.63) is 52.9 Å². The number of hydrogen-bond donors (Lipinski definition) is 1. The number of Topliss-reactive ketones (excluding diaryl/α,β-unsaturated/α-hetero) is 1. The monoisotopic (exact) mass is 326 g/mol. The maximum Gasteiger partial charge on any atom is 0.455 e. The van der Waals surface area contributed by atoms with Crippen LogP contribution < -0.4 is 0 Å². The van der Waals surface area contributed by atoms with Crippen LogP contribution in [0, 0.1) is 0 Å². The summed E-state index contributed by atoms with van der Waals surface area (Å²) in [7, 11) is 0. The molecule has 0 fully saturated rings. The Morgan fingerprint density at radius 3 is 2.50 bits per heavy atom. The van der Waals surface area contributed by atoms with Crippen LogP contribution >= 0.6 is 11.3 Å². The van der Waals surface area contributed by atoms with E-state index in [9.17, 15) is 22.8 Å². The summed E-state index contributed by atoms with van der Waals surface area (Å²) in [6.45, 7) is 0. The Bertz CT molecular complexity index is 744. The topological polar surface area (TPSA) is 54.4 Å². The molecular formula is C15H9F3O3S. The summed E-state index contributed by atoms with van der Waals surface area (Å²) >= 11 is 0.744. The molecule has 0 radical (unpaired) electrons. The number of carboxylic acid groups (broad SMARTS) is 1. The molecule has 3 nitrogen and oxygen atoms in total. The lowest BCUT2D eigenvalue weighted by Crippen LogP contribution is -2.21. The van der Waals surface area contributed by atoms with Crippen LogP contribution in [0.1, 0.15) is 15.2 Å². The van der Waals surface area contributed by atoms with Gasteiger partial charge in [0.2, 0.25) is 0 Å². The predicted octanol–water partition coefficient (Wildman–Crippen LogP) is 4.26. The minimum Gasteiger partial charge on any atom is -0.478 e. The number of thiophene rings is 1. The summed E-state index contributed by atoms with van der Waals surface area (Å²) in [4.78, 5) is 21.8. The fourth-order valence-electron chi connectivity index (χ4n) is 1.72. The van der Waals surface area contributed by atoms with E-state index >= 15 is 0 Å². The van der Waals surface area contributed by atoms with Gasteiger partial charge in [-0.25, -0.2) is 4.79 Å². The van der Waals surface area contributed by atoms with Gasteiger partial charge in [0.25, 0.3) is 5.78 Å². The number of carbonyl (C=O) groups excluding carboxylic acids is 1. The average Bonchev–Trinajstić information content (AvgIpc) is 2.93. The van der Waals surface area contributed by atoms with Gasteiger partial charge in [-0.05, 0) is 35.4 Å². The van der Waals surface area contributed by atoms with Gasteiger partial charge in [0.1, 0.15) is 0 Å². The maximum absolute atomic E-state index is 12.4. The van der Waals surface area contributed by atoms with Crippen LogP contribution in [0.5, 0.6) is 0 Å². The molecule has 0 aliphatic rings. The van der Waals surface area contributed by atoms with Crippen molar-refractivity contribution in [2.45, 2.75) is 6.18 Å². The highest BCUT2D eigenvalue weighted by molar-refractivity contribution is 7.17. The zero-order chi connectivity index (χ0) is 16.3. The number of carbonyl (C=O) groups is 2. The average molecular weight is 326 g/mol. The van der Waals surface area contributed by atoms with Gasteiger partial charge in [-0.15, -0.1) is 11.3 Å². The molecule has 0 unspecified atom stereocenters. The summed E-state index contributed by atoms with van der Waals surface area (Å²) in [5.41, 5.74) is 1.20. The van der Waals surface area contributed by atoms with Crippen molar-refractivity contribution in [1.29, 1.82) is 0 Å². The van der Waals surface area contributed by atoms with E-state index < -0.39 is 17.9 Å². The first-order chi connectivity index (χ1) is 10.3. The summed E-state index contributed by atoms with van der Waals surface area (Å²) < 4.78 is 37.1. The second kappa shape index (κ2) is 6.15. The Balaban J connectivity index is 2.30. The molecule has 1 N–H and O–H groups in total. The van der Waals surface area contributed by atoms with Gasteiger partial charge in [0, 0.05) is 11.0 Å². The molecule has 0 spiro atoms. The first-order valence-electron chi connectivity index (χ1n) is 6.00. The number of benzene rings is 1. The Hall–Kier alpha value is -2.41. The van der Waals surface area contributed by atoms with Crippen molar-refractivity contribution >= 4 is 29.2 Å². The highest BCUT2D eigenvalue weighted by Crippen LogP contribution is 2.32. The van der Waals surface area contributed by atoms with Crippen molar-refractivity contribution < 1.29 is 27.9 Å². The third-order valence-electron chi connectivity index (χ3n) is 2.68. The smallest absolute Gasteiger partial charge is 0.455 e. The lowest BCUT2D eigenvalue weighted by Gasteiger charge is -2.02. The van der Waals surface area contributed by atoms with Crippen LogP contribution in [0.25, 0.3) is 16.5 Å². The first-order valence-corrected chi connectivity index (χ1v) is 6.82. The predicted molar refractivity (Wildman–Crippen MR) is 76.8 cm³/mol. The van der Waals surface area contributed by atoms with Crippen LogP contribution in [0.2, 0.25) is 0 Å². The number of aliphatic carboxylic acids is 1. The molecule has 0 saturated carbocycles. The van der Waals surface area contributed by atoms with Gasteiger partial charge in [0.15, 0.2) is 0 Å². The van der Waals surface area contributed by atoms with Crippen molar-refractivity contribution in [3.63, 3.8) is 0 Å². The van der Waals surface area contributed by atoms with E-state index in [4.69, 9.17) is 5.11 Å². The molecule has 0 aliphatic carbocycles. The third kappa shape index (κ3) is 3.82. The largest absolute Gasteiger partial charge is 0.478 e. The Labute approximate surface area is 127 Å². The van der Waals surface area contributed by atoms with Crippen LogP contribution in [0.15, 0.2) is 42.5 Å². The van der Waals surface area contributed by atoms with Crippen LogP contribution in [0.3, 0.4) is 0 Å². The molecule has 2 aromatic rings. The molecule has 1 aromatic carbocycles. The Morgan fingerprint density at radius 1 is 1.14 bits per heavy atom. The number of carboxylic acids is 1. The quantitative estimate of drug-likeness (QED) is 0.675. The van der Waals surface area contributed by atoms with E-state index in [0.29, 0.717) is 16.0 Å². The van der Waals surface area contributed by atoms with E-state index in [1.807, 2.05) is 0 Å². The fourth-order valence-corrected chi connectivity index (χ4v) is 2.68. The Kier molecular flexibility index (Phi) is 4.46. The van der Waals surface area contributed by atoms with Crippen LogP contribution in [-0.4, -0.2) is 23.0 Å². The molecule has 1 aromatic heterocycles. The van der Waals surface area contributed by atoms with E-state index in [-0.39, 0.29) is 4.88 Å². The second-order valence-corrected chi connectivity index (χ2v) is 5.37. The number of ketones is 1. The van der Waals surface area contributed by atoms with E-state index in [1.165, 1.54) is 12.1 Å². The van der Waals surface area contributed by atoms with Crippen LogP contribution in [-0.2, 0) is 4.79 Å². The van der Waals surface area contributed by atoms with Crippen molar-refractivity contribution in [3.8, 4) is 10.4 Å². The summed E-state index contributed by atoms with van der Waals surface area (Å²) in [6.07, 6.45) is -2.55. The second-order valence-electron chi connectivity index (χ2n) is 4.29. The van der Waals surface area contributed by atoms with Gasteiger partial charge in [0.05, 0.1) is 4.88 Å². The lowest BCUT2D eigenvalue weighted by molar-refractivity contribution is -0.131. The molecule has 0 aliphatic heterocycles. The molecule has 114 valence electrons. The van der Waals surface area contributed by atoms with Crippen molar-refractivity contribution in [1.82, 2.24) is 0 Å². The van der Waals surface area contributed by atoms with Crippen molar-refractivity contribution in [2.24, 2.45) is 0 Å². The van der Waals surface area contributed by atoms with Gasteiger partial charge in [-0.2, -0.15) is 13.2 Å². The van der Waals surface area contributed by atoms with Gasteiger partial charge in [-0.3, -0.25) is 4.79 Å². The van der Waals surface area contributed by atoms with E-state index in [2.05, 4.69) is 0 Å². The molecule has 0 atom stereocenters. The highest BCUT2D eigenvalue weighted by atomic mass is 32.1. The maximum atomic E-state index is 12.4. The van der Waals surface area contributed by atoms with Crippen LogP contribution in [0.4, 0.5) is 13.2 Å². The summed E-state index contributed by atoms with van der Waals surface area (Å²) in [6, 6.07) is 9.19. The zero-order valence-electron chi connectivity index (χ0n) is 10.9. The minimum atomic E-state index is -4.89. The fraction of sp³-hybridized carbons (Fsp3) is 0.0667. The molecule has 1 heterocycles. The zero-order valence-corrected chi connectivity index (χ0v) is 11.7. The SMILES string of the molecule is O=C(O)/C=C/c1cccc(-c2ccc(C(=O)C(F)(F)F)s2)c1. The Morgan fingerprint density at radius 2 is 1.86 bits per heavy atom. The summed E-state index contributed by atoms with van der Waals surface area (Å²) in [5.74, 6) is -2.97. The number of hydrogen-bond acceptors (Lipinski definition) is 3. The molecule has 7 heteroatoms. The molecule has 0 amide bonds. The standard InChI is InChI=1S/C15H9F3O3S/c16-15(17,18)14(21)12-6-5-11(22-12)10-3-1-2-9(8-10)4-7-13(19)20/h1-8H,(H,19,20)/b7-4+. The van der Waals surface area contributed by atoms with Gasteiger partial charge >= 0.3 is 12.1 Å². The lowest BCUT2D eigenvalue weighted by atomic mass is 10.1. The number of halogens is 3. The normalized spacial score (nSPS) is 11.8. The summed E-state index contributed by atoms with van der Waals surface area (Å²) in [5, 5.41) is 8.57. The molecular weight excluding hydrogens is 317 g/mol. The minimum absolute atomic E-state index is 0.381. The van der Waals surface area contributed by atoms with E-state index in [1.54, 1.807) is 24.3 Å². The van der Waals surface area contributed by atoms with Gasteiger partial charge in [-0.1, -0.05) is 18.2 Å². The van der Waals surface area contributed by atoms with Gasteiger partial charge < -0.3 is 5.11 Å². The third-order valence-corrected chi connectivity index (χ3v) is 3.81. The molecule has 2 rings (SSSR count). The van der Waals surface area contributed by atoms with E-state index in [0.717, 1.165) is 23.5 Å². The number of rotatable bonds is 4. The van der Waals surface area contributed by atoms with Crippen molar-refractivity contribution in [2.75, 3.05) is 0 Å². The highest BCUT2D eigenvalue weighted by Gasteiger charge is 2.40. The molecule has 0 bridgehead atoms. The number of alkyl halides is 3.